The van der Waals surface area contributed by atoms with E-state index >= 15 is 0 Å². The van der Waals surface area contributed by atoms with E-state index in [0.29, 0.717) is 35.0 Å². The summed E-state index contributed by atoms with van der Waals surface area (Å²) in [6.07, 6.45) is 20.5. The van der Waals surface area contributed by atoms with Gasteiger partial charge < -0.3 is 15.5 Å². The van der Waals surface area contributed by atoms with Crippen LogP contribution in [-0.2, 0) is 0 Å². The van der Waals surface area contributed by atoms with Gasteiger partial charge in [-0.25, -0.2) is 9.18 Å². The number of amides is 2. The molecule has 8 unspecified atom stereocenters. The van der Waals surface area contributed by atoms with Crippen molar-refractivity contribution in [2.24, 2.45) is 45.8 Å². The highest BCUT2D eigenvalue weighted by Gasteiger charge is 2.68. The van der Waals surface area contributed by atoms with Crippen molar-refractivity contribution < 1.29 is 9.18 Å². The summed E-state index contributed by atoms with van der Waals surface area (Å²) >= 11 is 0. The van der Waals surface area contributed by atoms with Crippen LogP contribution in [0.5, 0.6) is 0 Å². The summed E-state index contributed by atoms with van der Waals surface area (Å²) in [6.45, 7) is 15.8. The van der Waals surface area contributed by atoms with E-state index in [1.54, 1.807) is 12.5 Å². The lowest BCUT2D eigenvalue weighted by molar-refractivity contribution is -0.212. The molecule has 0 spiro atoms. The third-order valence-corrected chi connectivity index (χ3v) is 15.4. The van der Waals surface area contributed by atoms with Crippen LogP contribution in [0, 0.1) is 45.8 Å². The molecule has 0 aromatic carbocycles. The predicted molar refractivity (Wildman–Crippen MR) is 169 cm³/mol. The van der Waals surface area contributed by atoms with Crippen LogP contribution in [0.15, 0.2) is 23.3 Å². The first-order valence-electron chi connectivity index (χ1n) is 17.8. The van der Waals surface area contributed by atoms with Gasteiger partial charge in [0.2, 0.25) is 0 Å². The Morgan fingerprint density at radius 1 is 0.929 bits per heavy atom. The predicted octanol–water partition coefficient (Wildman–Crippen LogP) is 8.19. The largest absolute Gasteiger partial charge is 0.336 e. The number of alkyl halides is 1. The number of nitrogens with one attached hydrogen (secondary N) is 2. The van der Waals surface area contributed by atoms with Crippen LogP contribution < -0.4 is 10.6 Å². The van der Waals surface area contributed by atoms with E-state index in [9.17, 15) is 9.18 Å². The van der Waals surface area contributed by atoms with E-state index in [0.717, 1.165) is 56.3 Å². The molecule has 2 N–H and O–H groups in total. The van der Waals surface area contributed by atoms with Crippen LogP contribution >= 0.6 is 0 Å². The fourth-order valence-corrected chi connectivity index (χ4v) is 12.9. The minimum absolute atomic E-state index is 0.112. The Hall–Kier alpha value is -1.36. The van der Waals surface area contributed by atoms with Crippen LogP contribution in [-0.4, -0.2) is 48.3 Å². The van der Waals surface area contributed by atoms with E-state index in [1.807, 2.05) is 4.90 Å². The van der Waals surface area contributed by atoms with Crippen molar-refractivity contribution in [3.05, 3.63) is 23.3 Å². The summed E-state index contributed by atoms with van der Waals surface area (Å²) in [4.78, 5) is 14.1. The van der Waals surface area contributed by atoms with Crippen LogP contribution in [0.2, 0.25) is 0 Å². The molecule has 7 rings (SSSR count). The van der Waals surface area contributed by atoms with Crippen molar-refractivity contribution in [3.8, 4) is 0 Å². The Kier molecular flexibility index (Phi) is 7.04. The quantitative estimate of drug-likeness (QED) is 0.345. The fourth-order valence-electron chi connectivity index (χ4n) is 12.9. The second kappa shape index (κ2) is 10.1. The van der Waals surface area contributed by atoms with Crippen LogP contribution in [0.25, 0.3) is 0 Å². The summed E-state index contributed by atoms with van der Waals surface area (Å²) in [6, 6.07) is 0.112. The molecule has 0 aromatic rings. The normalized spacial score (nSPS) is 50.2. The minimum atomic E-state index is -1.02. The van der Waals surface area contributed by atoms with Gasteiger partial charge >= 0.3 is 6.03 Å². The van der Waals surface area contributed by atoms with Gasteiger partial charge in [0.1, 0.15) is 5.67 Å². The number of hydrogen-bond acceptors (Lipinski definition) is 2. The molecule has 42 heavy (non-hydrogen) atoms. The van der Waals surface area contributed by atoms with E-state index in [2.05, 4.69) is 50.5 Å². The van der Waals surface area contributed by atoms with Gasteiger partial charge in [-0.15, -0.1) is 0 Å². The monoisotopic (exact) mass is 579 g/mol. The standard InChI is InChI=1S/C37H58FN3O/c1-25-27(26-10-15-33(2,38)16-11-26)12-17-34(3)28(25)13-18-36(5)31(34)9-8-29-30-7-6-14-37(30,20-19-35(29,36)4)40-22-24-41-23-21-39-32(41)42/h10,12,25,28-31,40H,6-9,11,13-24H2,1-5H3,(H,39,42)/t25?,28?,29?,30?,31?,33?,34?,35-,36?,37+/m1/s1. The van der Waals surface area contributed by atoms with Crippen molar-refractivity contribution in [1.29, 1.82) is 0 Å². The maximum Gasteiger partial charge on any atom is 0.317 e. The number of halogens is 1. The SMILES string of the molecule is CC1C(C2=CCC(C)(F)CC2)=CCC2(C)C1CCC1(C)C2CCC2C3CCC[C@]3(NCCN3CCNC3=O)CC[C@]21C. The first-order chi connectivity index (χ1) is 19.9. The zero-order chi connectivity index (χ0) is 29.5. The third kappa shape index (κ3) is 4.24. The zero-order valence-electron chi connectivity index (χ0n) is 27.3. The third-order valence-electron chi connectivity index (χ3n) is 15.4. The van der Waals surface area contributed by atoms with Gasteiger partial charge in [0, 0.05) is 31.7 Å². The average Bonchev–Trinajstić information content (AvgIpc) is 3.56. The van der Waals surface area contributed by atoms with E-state index in [4.69, 9.17) is 0 Å². The number of rotatable bonds is 5. The van der Waals surface area contributed by atoms with Gasteiger partial charge in [-0.3, -0.25) is 0 Å². The number of allylic oxidation sites excluding steroid dienone is 4. The number of fused-ring (bicyclic) bond motifs is 7. The summed E-state index contributed by atoms with van der Waals surface area (Å²) < 4.78 is 14.6. The van der Waals surface area contributed by atoms with E-state index in [1.165, 1.54) is 69.8 Å². The summed E-state index contributed by atoms with van der Waals surface area (Å²) in [5.41, 5.74) is 3.47. The molecule has 6 aliphatic carbocycles. The van der Waals surface area contributed by atoms with Crippen LogP contribution in [0.1, 0.15) is 118 Å². The number of carbonyl (C=O) groups is 1. The van der Waals surface area contributed by atoms with Gasteiger partial charge in [-0.05, 0) is 141 Å². The van der Waals surface area contributed by atoms with Gasteiger partial charge in [0.05, 0.1) is 0 Å². The first kappa shape index (κ1) is 29.4. The molecule has 7 aliphatic rings. The second-order valence-corrected chi connectivity index (χ2v) is 17.0. The second-order valence-electron chi connectivity index (χ2n) is 17.0. The van der Waals surface area contributed by atoms with Crippen molar-refractivity contribution in [2.75, 3.05) is 26.2 Å². The molecular formula is C37H58FN3O. The maximum absolute atomic E-state index is 14.6. The molecule has 1 heterocycles. The highest BCUT2D eigenvalue weighted by atomic mass is 19.1. The Morgan fingerprint density at radius 2 is 1.76 bits per heavy atom. The Labute approximate surface area is 255 Å². The van der Waals surface area contributed by atoms with Crippen molar-refractivity contribution in [2.45, 2.75) is 129 Å². The molecule has 0 bridgehead atoms. The average molecular weight is 580 g/mol. The molecule has 1 saturated heterocycles. The Balaban J connectivity index is 1.10. The first-order valence-corrected chi connectivity index (χ1v) is 17.8. The van der Waals surface area contributed by atoms with Crippen molar-refractivity contribution in [1.82, 2.24) is 15.5 Å². The van der Waals surface area contributed by atoms with Gasteiger partial charge in [-0.1, -0.05) is 46.3 Å². The molecule has 234 valence electrons. The molecule has 5 fully saturated rings. The summed E-state index contributed by atoms with van der Waals surface area (Å²) in [5.74, 6) is 3.71. The molecular weight excluding hydrogens is 521 g/mol. The van der Waals surface area contributed by atoms with E-state index in [-0.39, 0.29) is 11.6 Å². The lowest BCUT2D eigenvalue weighted by Crippen LogP contribution is -2.67. The summed E-state index contributed by atoms with van der Waals surface area (Å²) in [7, 11) is 0. The van der Waals surface area contributed by atoms with E-state index < -0.39 is 5.67 Å². The molecule has 0 aromatic heterocycles. The smallest absolute Gasteiger partial charge is 0.317 e. The fraction of sp³-hybridized carbons (Fsp3) is 0.865. The number of carbonyl (C=O) groups excluding carboxylic acids is 1. The highest BCUT2D eigenvalue weighted by Crippen LogP contribution is 2.75. The van der Waals surface area contributed by atoms with Gasteiger partial charge in [0.25, 0.3) is 0 Å². The number of nitrogens with zero attached hydrogens (tertiary/aromatic N) is 1. The van der Waals surface area contributed by atoms with Gasteiger partial charge in [0.15, 0.2) is 0 Å². The topological polar surface area (TPSA) is 44.4 Å². The maximum atomic E-state index is 14.6. The van der Waals surface area contributed by atoms with Crippen molar-refractivity contribution in [3.63, 3.8) is 0 Å². The zero-order valence-corrected chi connectivity index (χ0v) is 27.3. The molecule has 5 heteroatoms. The molecule has 1 aliphatic heterocycles. The lowest BCUT2D eigenvalue weighted by Gasteiger charge is -2.71. The molecule has 2 amide bonds. The van der Waals surface area contributed by atoms with Crippen molar-refractivity contribution >= 4 is 6.03 Å². The van der Waals surface area contributed by atoms with Crippen LogP contribution in [0.3, 0.4) is 0 Å². The molecule has 4 saturated carbocycles. The van der Waals surface area contributed by atoms with Crippen LogP contribution in [0.4, 0.5) is 9.18 Å². The number of hydrogen-bond donors (Lipinski definition) is 2. The number of urea groups is 1. The molecule has 10 atom stereocenters. The highest BCUT2D eigenvalue weighted by molar-refractivity contribution is 5.76. The Morgan fingerprint density at radius 3 is 2.50 bits per heavy atom. The summed E-state index contributed by atoms with van der Waals surface area (Å²) in [5, 5.41) is 7.08. The lowest BCUT2D eigenvalue weighted by atomic mass is 9.34. The molecule has 4 nitrogen and oxygen atoms in total. The molecule has 0 radical (unpaired) electrons. The Bertz CT molecular complexity index is 1160. The van der Waals surface area contributed by atoms with Gasteiger partial charge in [-0.2, -0.15) is 0 Å². The minimum Gasteiger partial charge on any atom is -0.336 e.